The number of nitrogens with zero attached hydrogens (tertiary/aromatic N) is 1. The van der Waals surface area contributed by atoms with Gasteiger partial charge in [-0.1, -0.05) is 6.07 Å². The third-order valence-electron chi connectivity index (χ3n) is 2.90. The Morgan fingerprint density at radius 2 is 2.05 bits per heavy atom. The second-order valence-electron chi connectivity index (χ2n) is 4.38. The highest BCUT2D eigenvalue weighted by Crippen LogP contribution is 2.23. The van der Waals surface area contributed by atoms with Gasteiger partial charge in [-0.3, -0.25) is 9.78 Å². The number of carboxylic acids is 1. The van der Waals surface area contributed by atoms with Crippen LogP contribution in [0.3, 0.4) is 0 Å². The van der Waals surface area contributed by atoms with E-state index in [1.807, 2.05) is 30.3 Å². The van der Waals surface area contributed by atoms with Crippen molar-refractivity contribution in [3.63, 3.8) is 0 Å². The van der Waals surface area contributed by atoms with E-state index in [4.69, 9.17) is 9.84 Å². The van der Waals surface area contributed by atoms with Gasteiger partial charge in [0.05, 0.1) is 12.1 Å². The lowest BCUT2D eigenvalue weighted by molar-refractivity contribution is -0.137. The van der Waals surface area contributed by atoms with Crippen LogP contribution in [0.5, 0.6) is 5.75 Å². The number of aromatic nitrogens is 1. The summed E-state index contributed by atoms with van der Waals surface area (Å²) in [5, 5.41) is 9.54. The zero-order valence-corrected chi connectivity index (χ0v) is 10.7. The monoisotopic (exact) mass is 259 g/mol. The molecule has 19 heavy (non-hydrogen) atoms. The van der Waals surface area contributed by atoms with Crippen LogP contribution >= 0.6 is 0 Å². The SMILES string of the molecule is O=C(O)CCCCCOc1cccc2ncccc12. The van der Waals surface area contributed by atoms with Crippen LogP contribution in [-0.4, -0.2) is 22.7 Å². The molecule has 0 bridgehead atoms. The highest BCUT2D eigenvalue weighted by molar-refractivity contribution is 5.84. The Morgan fingerprint density at radius 1 is 1.16 bits per heavy atom. The number of unbranched alkanes of at least 4 members (excludes halogenated alkanes) is 2. The topological polar surface area (TPSA) is 59.4 Å². The van der Waals surface area contributed by atoms with Gasteiger partial charge in [0.25, 0.3) is 0 Å². The number of aliphatic carboxylic acids is 1. The van der Waals surface area contributed by atoms with Crippen molar-refractivity contribution in [1.82, 2.24) is 4.98 Å². The number of rotatable bonds is 7. The Bertz CT molecular complexity index is 549. The highest BCUT2D eigenvalue weighted by atomic mass is 16.5. The number of pyridine rings is 1. The Hall–Kier alpha value is -2.10. The van der Waals surface area contributed by atoms with Crippen molar-refractivity contribution >= 4 is 16.9 Å². The highest BCUT2D eigenvalue weighted by Gasteiger charge is 2.02. The third-order valence-corrected chi connectivity index (χ3v) is 2.90. The molecule has 0 aliphatic heterocycles. The van der Waals surface area contributed by atoms with Crippen LogP contribution in [0.2, 0.25) is 0 Å². The number of benzene rings is 1. The molecule has 0 unspecified atom stereocenters. The van der Waals surface area contributed by atoms with E-state index in [1.54, 1.807) is 6.20 Å². The van der Waals surface area contributed by atoms with Crippen molar-refractivity contribution in [2.45, 2.75) is 25.7 Å². The van der Waals surface area contributed by atoms with Crippen molar-refractivity contribution in [3.05, 3.63) is 36.5 Å². The number of hydrogen-bond acceptors (Lipinski definition) is 3. The molecule has 0 atom stereocenters. The molecule has 0 spiro atoms. The molecule has 0 radical (unpaired) electrons. The number of carboxylic acid groups (broad SMARTS) is 1. The molecule has 4 nitrogen and oxygen atoms in total. The van der Waals surface area contributed by atoms with Gasteiger partial charge in [-0.2, -0.15) is 0 Å². The first-order valence-electron chi connectivity index (χ1n) is 6.46. The van der Waals surface area contributed by atoms with E-state index in [-0.39, 0.29) is 6.42 Å². The lowest BCUT2D eigenvalue weighted by Crippen LogP contribution is -1.99. The molecule has 0 aliphatic carbocycles. The van der Waals surface area contributed by atoms with Crippen molar-refractivity contribution in [1.29, 1.82) is 0 Å². The number of hydrogen-bond donors (Lipinski definition) is 1. The molecule has 1 aromatic heterocycles. The average Bonchev–Trinajstić information content (AvgIpc) is 2.42. The lowest BCUT2D eigenvalue weighted by Gasteiger charge is -2.08. The van der Waals surface area contributed by atoms with Gasteiger partial charge in [0, 0.05) is 18.0 Å². The van der Waals surface area contributed by atoms with Crippen LogP contribution in [0.25, 0.3) is 10.9 Å². The van der Waals surface area contributed by atoms with E-state index in [9.17, 15) is 4.79 Å². The molecular formula is C15H17NO3. The summed E-state index contributed by atoms with van der Waals surface area (Å²) in [6, 6.07) is 9.69. The van der Waals surface area contributed by atoms with E-state index in [0.29, 0.717) is 13.0 Å². The van der Waals surface area contributed by atoms with Crippen LogP contribution in [0.4, 0.5) is 0 Å². The normalized spacial score (nSPS) is 10.5. The standard InChI is InChI=1S/C15H17NO3/c17-15(18)9-2-1-3-11-19-14-8-4-7-13-12(14)6-5-10-16-13/h4-8,10H,1-3,9,11H2,(H,17,18). The first-order valence-corrected chi connectivity index (χ1v) is 6.46. The molecule has 0 saturated heterocycles. The number of ether oxygens (including phenoxy) is 1. The molecule has 1 heterocycles. The molecule has 2 rings (SSSR count). The van der Waals surface area contributed by atoms with E-state index in [2.05, 4.69) is 4.98 Å². The summed E-state index contributed by atoms with van der Waals surface area (Å²) in [4.78, 5) is 14.6. The maximum Gasteiger partial charge on any atom is 0.303 e. The summed E-state index contributed by atoms with van der Waals surface area (Å²) in [7, 11) is 0. The maximum atomic E-state index is 10.4. The molecule has 0 saturated carbocycles. The molecule has 100 valence electrons. The van der Waals surface area contributed by atoms with E-state index < -0.39 is 5.97 Å². The minimum absolute atomic E-state index is 0.234. The van der Waals surface area contributed by atoms with Crippen LogP contribution in [0.1, 0.15) is 25.7 Å². The second kappa shape index (κ2) is 6.73. The Kier molecular flexibility index (Phi) is 4.72. The summed E-state index contributed by atoms with van der Waals surface area (Å²) >= 11 is 0. The predicted molar refractivity (Wildman–Crippen MR) is 73.3 cm³/mol. The van der Waals surface area contributed by atoms with Gasteiger partial charge in [-0.15, -0.1) is 0 Å². The van der Waals surface area contributed by atoms with Crippen molar-refractivity contribution < 1.29 is 14.6 Å². The van der Waals surface area contributed by atoms with Gasteiger partial charge >= 0.3 is 5.97 Å². The summed E-state index contributed by atoms with van der Waals surface area (Å²) in [5.41, 5.74) is 0.922. The van der Waals surface area contributed by atoms with Crippen LogP contribution in [-0.2, 0) is 4.79 Å². The average molecular weight is 259 g/mol. The van der Waals surface area contributed by atoms with Crippen molar-refractivity contribution in [2.24, 2.45) is 0 Å². The fourth-order valence-corrected chi connectivity index (χ4v) is 1.94. The van der Waals surface area contributed by atoms with Crippen LogP contribution in [0.15, 0.2) is 36.5 Å². The minimum Gasteiger partial charge on any atom is -0.493 e. The predicted octanol–water partition coefficient (Wildman–Crippen LogP) is 3.26. The zero-order chi connectivity index (χ0) is 13.5. The second-order valence-corrected chi connectivity index (χ2v) is 4.38. The fraction of sp³-hybridized carbons (Fsp3) is 0.333. The molecule has 4 heteroatoms. The van der Waals surface area contributed by atoms with Gasteiger partial charge in [-0.05, 0) is 43.5 Å². The van der Waals surface area contributed by atoms with Crippen molar-refractivity contribution in [2.75, 3.05) is 6.61 Å². The zero-order valence-electron chi connectivity index (χ0n) is 10.7. The van der Waals surface area contributed by atoms with E-state index >= 15 is 0 Å². The molecule has 2 aromatic rings. The Balaban J connectivity index is 1.83. The number of carbonyl (C=O) groups is 1. The molecule has 0 amide bonds. The quantitative estimate of drug-likeness (QED) is 0.775. The Labute approximate surface area is 112 Å². The van der Waals surface area contributed by atoms with Crippen LogP contribution in [0, 0.1) is 0 Å². The van der Waals surface area contributed by atoms with Gasteiger partial charge in [-0.25, -0.2) is 0 Å². The summed E-state index contributed by atoms with van der Waals surface area (Å²) in [6.07, 6.45) is 4.44. The van der Waals surface area contributed by atoms with Crippen molar-refractivity contribution in [3.8, 4) is 5.75 Å². The van der Waals surface area contributed by atoms with Gasteiger partial charge in [0.15, 0.2) is 0 Å². The first kappa shape index (κ1) is 13.3. The van der Waals surface area contributed by atoms with Gasteiger partial charge < -0.3 is 9.84 Å². The first-order chi connectivity index (χ1) is 9.27. The van der Waals surface area contributed by atoms with Crippen LogP contribution < -0.4 is 4.74 Å². The fourth-order valence-electron chi connectivity index (χ4n) is 1.94. The summed E-state index contributed by atoms with van der Waals surface area (Å²) in [6.45, 7) is 0.605. The third kappa shape index (κ3) is 3.95. The summed E-state index contributed by atoms with van der Waals surface area (Å²) < 4.78 is 5.74. The number of fused-ring (bicyclic) bond motifs is 1. The smallest absolute Gasteiger partial charge is 0.303 e. The molecule has 0 fully saturated rings. The maximum absolute atomic E-state index is 10.4. The van der Waals surface area contributed by atoms with E-state index in [1.165, 1.54) is 0 Å². The summed E-state index contributed by atoms with van der Waals surface area (Å²) in [5.74, 6) is 0.102. The van der Waals surface area contributed by atoms with Gasteiger partial charge in [0.2, 0.25) is 0 Å². The minimum atomic E-state index is -0.735. The molecular weight excluding hydrogens is 242 g/mol. The molecule has 1 aromatic carbocycles. The Morgan fingerprint density at radius 3 is 2.89 bits per heavy atom. The van der Waals surface area contributed by atoms with Gasteiger partial charge in [0.1, 0.15) is 5.75 Å². The molecule has 1 N–H and O–H groups in total. The van der Waals surface area contributed by atoms with E-state index in [0.717, 1.165) is 29.5 Å². The molecule has 0 aliphatic rings. The largest absolute Gasteiger partial charge is 0.493 e. The lowest BCUT2D eigenvalue weighted by atomic mass is 10.2.